The maximum atomic E-state index is 11.7. The van der Waals surface area contributed by atoms with Crippen LogP contribution in [0.2, 0.25) is 0 Å². The molecule has 19 heavy (non-hydrogen) atoms. The maximum Gasteiger partial charge on any atom is 0.326 e. The topological polar surface area (TPSA) is 94.7 Å². The molecule has 0 aliphatic heterocycles. The lowest BCUT2D eigenvalue weighted by Gasteiger charge is -2.24. The van der Waals surface area contributed by atoms with Crippen molar-refractivity contribution in [2.45, 2.75) is 38.5 Å². The highest BCUT2D eigenvalue weighted by Gasteiger charge is 2.29. The minimum absolute atomic E-state index is 0.418. The highest BCUT2D eigenvalue weighted by atomic mass is 16.6. The monoisotopic (exact) mass is 268 g/mol. The van der Waals surface area contributed by atoms with Gasteiger partial charge in [0.2, 0.25) is 5.88 Å². The van der Waals surface area contributed by atoms with Gasteiger partial charge in [-0.05, 0) is 26.8 Å². The van der Waals surface area contributed by atoms with Crippen molar-refractivity contribution in [1.82, 2.24) is 4.98 Å². The van der Waals surface area contributed by atoms with Crippen molar-refractivity contribution in [3.05, 3.63) is 23.9 Å². The first kappa shape index (κ1) is 15.4. The molecule has 0 fully saturated rings. The lowest BCUT2D eigenvalue weighted by molar-refractivity contribution is -0.159. The molecule has 6 heteroatoms. The van der Waals surface area contributed by atoms with Crippen LogP contribution in [0.3, 0.4) is 0 Å². The third-order valence-corrected chi connectivity index (χ3v) is 2.33. The molecular formula is C13H20N2O4. The zero-order valence-electron chi connectivity index (χ0n) is 11.6. The number of aliphatic hydroxyl groups is 1. The van der Waals surface area contributed by atoms with Crippen LogP contribution in [0.4, 0.5) is 0 Å². The van der Waals surface area contributed by atoms with E-state index in [2.05, 4.69) is 4.98 Å². The van der Waals surface area contributed by atoms with E-state index in [0.29, 0.717) is 11.4 Å². The Morgan fingerprint density at radius 3 is 2.47 bits per heavy atom. The summed E-state index contributed by atoms with van der Waals surface area (Å²) in [6.45, 7) is 5.21. The molecule has 1 aromatic rings. The Hall–Kier alpha value is -1.66. The van der Waals surface area contributed by atoms with Crippen molar-refractivity contribution in [2.75, 3.05) is 7.11 Å². The second-order valence-electron chi connectivity index (χ2n) is 5.14. The fourth-order valence-electron chi connectivity index (χ4n) is 1.39. The third kappa shape index (κ3) is 4.50. The highest BCUT2D eigenvalue weighted by Crippen LogP contribution is 2.19. The molecule has 6 nitrogen and oxygen atoms in total. The molecule has 2 unspecified atom stereocenters. The molecule has 3 N–H and O–H groups in total. The smallest absolute Gasteiger partial charge is 0.326 e. The SMILES string of the molecule is COc1ccc(C(O)C(N)C(=O)OC(C)(C)C)cn1. The number of nitrogens with two attached hydrogens (primary N) is 1. The molecule has 0 saturated heterocycles. The van der Waals surface area contributed by atoms with E-state index in [-0.39, 0.29) is 0 Å². The highest BCUT2D eigenvalue weighted by molar-refractivity contribution is 5.77. The summed E-state index contributed by atoms with van der Waals surface area (Å²) < 4.78 is 10.0. The first-order valence-electron chi connectivity index (χ1n) is 5.91. The van der Waals surface area contributed by atoms with Gasteiger partial charge in [0.15, 0.2) is 0 Å². The second kappa shape index (κ2) is 5.99. The number of methoxy groups -OCH3 is 1. The Morgan fingerprint density at radius 2 is 2.05 bits per heavy atom. The number of hydrogen-bond donors (Lipinski definition) is 2. The van der Waals surface area contributed by atoms with Crippen molar-refractivity contribution in [3.63, 3.8) is 0 Å². The van der Waals surface area contributed by atoms with Gasteiger partial charge in [-0.3, -0.25) is 4.79 Å². The van der Waals surface area contributed by atoms with Crippen molar-refractivity contribution in [3.8, 4) is 5.88 Å². The Morgan fingerprint density at radius 1 is 1.42 bits per heavy atom. The van der Waals surface area contributed by atoms with E-state index in [0.717, 1.165) is 0 Å². The zero-order valence-corrected chi connectivity index (χ0v) is 11.6. The van der Waals surface area contributed by atoms with Crippen LogP contribution in [0.5, 0.6) is 5.88 Å². The predicted molar refractivity (Wildman–Crippen MR) is 69.6 cm³/mol. The van der Waals surface area contributed by atoms with Crippen LogP contribution in [-0.4, -0.2) is 34.8 Å². The number of rotatable bonds is 4. The van der Waals surface area contributed by atoms with E-state index in [4.69, 9.17) is 15.2 Å². The molecule has 0 saturated carbocycles. The third-order valence-electron chi connectivity index (χ3n) is 2.33. The van der Waals surface area contributed by atoms with Gasteiger partial charge >= 0.3 is 5.97 Å². The molecule has 0 aliphatic carbocycles. The van der Waals surface area contributed by atoms with Crippen LogP contribution in [0.1, 0.15) is 32.4 Å². The van der Waals surface area contributed by atoms with Crippen molar-refractivity contribution in [1.29, 1.82) is 0 Å². The Labute approximate surface area is 112 Å². The molecule has 0 amide bonds. The van der Waals surface area contributed by atoms with Gasteiger partial charge in [0.25, 0.3) is 0 Å². The number of pyridine rings is 1. The first-order valence-corrected chi connectivity index (χ1v) is 5.91. The molecule has 0 bridgehead atoms. The van der Waals surface area contributed by atoms with Gasteiger partial charge in [0, 0.05) is 17.8 Å². The van der Waals surface area contributed by atoms with E-state index >= 15 is 0 Å². The fraction of sp³-hybridized carbons (Fsp3) is 0.538. The molecule has 1 aromatic heterocycles. The van der Waals surface area contributed by atoms with E-state index in [9.17, 15) is 9.90 Å². The maximum absolute atomic E-state index is 11.7. The number of carbonyl (C=O) groups is 1. The molecule has 0 aromatic carbocycles. The number of aromatic nitrogens is 1. The molecule has 1 heterocycles. The molecule has 0 aliphatic rings. The van der Waals surface area contributed by atoms with Gasteiger partial charge in [0.05, 0.1) is 7.11 Å². The van der Waals surface area contributed by atoms with Gasteiger partial charge in [-0.2, -0.15) is 0 Å². The molecular weight excluding hydrogens is 248 g/mol. The number of aliphatic hydroxyl groups excluding tert-OH is 1. The second-order valence-corrected chi connectivity index (χ2v) is 5.14. The summed E-state index contributed by atoms with van der Waals surface area (Å²) in [5.74, 6) is -0.238. The minimum Gasteiger partial charge on any atom is -0.481 e. The molecule has 106 valence electrons. The first-order chi connectivity index (χ1) is 8.74. The lowest BCUT2D eigenvalue weighted by atomic mass is 10.0. The van der Waals surface area contributed by atoms with Crippen LogP contribution in [0.25, 0.3) is 0 Å². The van der Waals surface area contributed by atoms with Crippen molar-refractivity contribution >= 4 is 5.97 Å². The number of ether oxygens (including phenoxy) is 2. The lowest BCUT2D eigenvalue weighted by Crippen LogP contribution is -2.41. The summed E-state index contributed by atoms with van der Waals surface area (Å²) in [5, 5.41) is 10.0. The summed E-state index contributed by atoms with van der Waals surface area (Å²) >= 11 is 0. The minimum atomic E-state index is -1.17. The number of esters is 1. The van der Waals surface area contributed by atoms with Gasteiger partial charge in [-0.1, -0.05) is 0 Å². The Bertz CT molecular complexity index is 425. The number of nitrogens with zero attached hydrogens (tertiary/aromatic N) is 1. The standard InChI is InChI=1S/C13H20N2O4/c1-13(2,3)19-12(17)10(14)11(16)8-5-6-9(18-4)15-7-8/h5-7,10-11,16H,14H2,1-4H3. The van der Waals surface area contributed by atoms with E-state index in [1.54, 1.807) is 32.9 Å². The summed E-state index contributed by atoms with van der Waals surface area (Å²) in [6, 6.07) is 2.02. The predicted octanol–water partition coefficient (Wildman–Crippen LogP) is 0.793. The normalized spacial score (nSPS) is 14.6. The average Bonchev–Trinajstić information content (AvgIpc) is 2.35. The Kier molecular flexibility index (Phi) is 4.85. The van der Waals surface area contributed by atoms with Crippen molar-refractivity contribution < 1.29 is 19.4 Å². The Balaban J connectivity index is 2.75. The van der Waals surface area contributed by atoms with E-state index < -0.39 is 23.7 Å². The molecule has 0 spiro atoms. The fourth-order valence-corrected chi connectivity index (χ4v) is 1.39. The zero-order chi connectivity index (χ0) is 14.6. The number of carbonyl (C=O) groups excluding carboxylic acids is 1. The van der Waals surface area contributed by atoms with Crippen LogP contribution in [-0.2, 0) is 9.53 Å². The van der Waals surface area contributed by atoms with Gasteiger partial charge in [-0.25, -0.2) is 4.98 Å². The van der Waals surface area contributed by atoms with Crippen LogP contribution in [0.15, 0.2) is 18.3 Å². The van der Waals surface area contributed by atoms with Crippen LogP contribution in [0, 0.1) is 0 Å². The average molecular weight is 268 g/mol. The quantitative estimate of drug-likeness (QED) is 0.784. The van der Waals surface area contributed by atoms with Gasteiger partial charge in [-0.15, -0.1) is 0 Å². The molecule has 2 atom stereocenters. The van der Waals surface area contributed by atoms with E-state index in [1.165, 1.54) is 13.3 Å². The largest absolute Gasteiger partial charge is 0.481 e. The van der Waals surface area contributed by atoms with Crippen LogP contribution >= 0.6 is 0 Å². The summed E-state index contributed by atoms with van der Waals surface area (Å²) in [5.41, 5.74) is 5.47. The van der Waals surface area contributed by atoms with Crippen molar-refractivity contribution in [2.24, 2.45) is 5.73 Å². The summed E-state index contributed by atoms with van der Waals surface area (Å²) in [4.78, 5) is 15.7. The van der Waals surface area contributed by atoms with Crippen LogP contribution < -0.4 is 10.5 Å². The number of hydrogen-bond acceptors (Lipinski definition) is 6. The van der Waals surface area contributed by atoms with Gasteiger partial charge in [0.1, 0.15) is 17.7 Å². The summed E-state index contributed by atoms with van der Waals surface area (Å²) in [7, 11) is 1.49. The molecule has 1 rings (SSSR count). The molecule has 0 radical (unpaired) electrons. The van der Waals surface area contributed by atoms with E-state index in [1.807, 2.05) is 0 Å². The van der Waals surface area contributed by atoms with Gasteiger partial charge < -0.3 is 20.3 Å². The summed E-state index contributed by atoms with van der Waals surface area (Å²) in [6.07, 6.45) is 0.238.